The molecule has 0 spiro atoms. The van der Waals surface area contributed by atoms with Crippen molar-refractivity contribution in [3.63, 3.8) is 0 Å². The second-order valence-corrected chi connectivity index (χ2v) is 4.63. The summed E-state index contributed by atoms with van der Waals surface area (Å²) in [6, 6.07) is 8.48. The number of nitrogens with one attached hydrogen (secondary N) is 1. The Morgan fingerprint density at radius 3 is 2.67 bits per heavy atom. The van der Waals surface area contributed by atoms with Crippen molar-refractivity contribution in [2.75, 3.05) is 18.8 Å². The van der Waals surface area contributed by atoms with E-state index in [1.54, 1.807) is 0 Å². The quantitative estimate of drug-likeness (QED) is 0.716. The Balaban J connectivity index is 0.000000853. The summed E-state index contributed by atoms with van der Waals surface area (Å²) in [6.07, 6.45) is 2.66. The molecule has 2 atom stereocenters. The molecular formula is C12H17ClN2. The van der Waals surface area contributed by atoms with Crippen LogP contribution in [0.1, 0.15) is 18.4 Å². The average molecular weight is 225 g/mol. The molecule has 0 amide bonds. The van der Waals surface area contributed by atoms with Gasteiger partial charge in [0.05, 0.1) is 0 Å². The van der Waals surface area contributed by atoms with E-state index in [9.17, 15) is 0 Å². The van der Waals surface area contributed by atoms with Gasteiger partial charge in [0.2, 0.25) is 0 Å². The van der Waals surface area contributed by atoms with Gasteiger partial charge in [-0.15, -0.1) is 12.4 Å². The van der Waals surface area contributed by atoms with Gasteiger partial charge < -0.3 is 11.1 Å². The normalized spacial score (nSPS) is 32.7. The van der Waals surface area contributed by atoms with Gasteiger partial charge in [-0.3, -0.25) is 0 Å². The van der Waals surface area contributed by atoms with Crippen molar-refractivity contribution in [2.45, 2.75) is 18.3 Å². The number of rotatable bonds is 1. The fourth-order valence-electron chi connectivity index (χ4n) is 2.86. The number of benzene rings is 1. The molecule has 1 aliphatic carbocycles. The Morgan fingerprint density at radius 2 is 2.00 bits per heavy atom. The number of nitrogen functional groups attached to an aromatic ring is 1. The van der Waals surface area contributed by atoms with E-state index >= 15 is 0 Å². The minimum atomic E-state index is 0. The molecule has 2 nitrogen and oxygen atoms in total. The van der Waals surface area contributed by atoms with E-state index in [-0.39, 0.29) is 12.4 Å². The molecular weight excluding hydrogens is 208 g/mol. The molecule has 3 rings (SSSR count). The molecule has 0 bridgehead atoms. The zero-order valence-electron chi connectivity index (χ0n) is 8.70. The van der Waals surface area contributed by atoms with Crippen molar-refractivity contribution in [2.24, 2.45) is 5.92 Å². The molecule has 3 heteroatoms. The van der Waals surface area contributed by atoms with Crippen LogP contribution in [0.4, 0.5) is 5.69 Å². The molecule has 1 saturated heterocycles. The number of fused-ring (bicyclic) bond motifs is 1. The first-order chi connectivity index (χ1) is 6.81. The summed E-state index contributed by atoms with van der Waals surface area (Å²) >= 11 is 0. The minimum absolute atomic E-state index is 0. The van der Waals surface area contributed by atoms with E-state index in [1.165, 1.54) is 31.5 Å². The zero-order valence-corrected chi connectivity index (χ0v) is 9.52. The van der Waals surface area contributed by atoms with Crippen LogP contribution in [0, 0.1) is 5.92 Å². The maximum absolute atomic E-state index is 5.70. The van der Waals surface area contributed by atoms with E-state index in [4.69, 9.17) is 5.73 Å². The summed E-state index contributed by atoms with van der Waals surface area (Å²) in [5.74, 6) is 0.875. The Morgan fingerprint density at radius 1 is 1.27 bits per heavy atom. The van der Waals surface area contributed by atoms with Crippen LogP contribution in [0.25, 0.3) is 0 Å². The lowest BCUT2D eigenvalue weighted by molar-refractivity contribution is 0.445. The third-order valence-corrected chi connectivity index (χ3v) is 3.86. The average Bonchev–Trinajstić information content (AvgIpc) is 2.94. The number of hydrogen-bond acceptors (Lipinski definition) is 2. The summed E-state index contributed by atoms with van der Waals surface area (Å²) in [4.78, 5) is 0. The van der Waals surface area contributed by atoms with Crippen LogP contribution >= 0.6 is 12.4 Å². The molecule has 2 aliphatic rings. The summed E-state index contributed by atoms with van der Waals surface area (Å²) < 4.78 is 0. The highest BCUT2D eigenvalue weighted by atomic mass is 35.5. The van der Waals surface area contributed by atoms with Gasteiger partial charge >= 0.3 is 0 Å². The molecule has 1 heterocycles. The largest absolute Gasteiger partial charge is 0.399 e. The molecule has 1 aliphatic heterocycles. The topological polar surface area (TPSA) is 38.0 Å². The standard InChI is InChI=1S/C12H16N2.ClH/c13-11-3-1-9(2-4-11)12-5-6-14-8-10(12)7-12;/h1-4,10,14H,5-8,13H2;1H. The van der Waals surface area contributed by atoms with E-state index in [0.29, 0.717) is 5.41 Å². The van der Waals surface area contributed by atoms with Gasteiger partial charge in [0.1, 0.15) is 0 Å². The summed E-state index contributed by atoms with van der Waals surface area (Å²) in [7, 11) is 0. The molecule has 82 valence electrons. The van der Waals surface area contributed by atoms with E-state index in [0.717, 1.165) is 11.6 Å². The highest BCUT2D eigenvalue weighted by Gasteiger charge is 2.55. The number of halogens is 1. The van der Waals surface area contributed by atoms with Crippen LogP contribution in [0.15, 0.2) is 24.3 Å². The predicted molar refractivity (Wildman–Crippen MR) is 65.4 cm³/mol. The van der Waals surface area contributed by atoms with Crippen LogP contribution in [-0.2, 0) is 5.41 Å². The van der Waals surface area contributed by atoms with Crippen molar-refractivity contribution in [1.29, 1.82) is 0 Å². The van der Waals surface area contributed by atoms with Crippen molar-refractivity contribution < 1.29 is 0 Å². The Bertz CT molecular complexity index is 349. The van der Waals surface area contributed by atoms with Crippen LogP contribution < -0.4 is 11.1 Å². The number of anilines is 1. The van der Waals surface area contributed by atoms with Gasteiger partial charge in [-0.25, -0.2) is 0 Å². The highest BCUT2D eigenvalue weighted by molar-refractivity contribution is 5.85. The third kappa shape index (κ3) is 1.62. The summed E-state index contributed by atoms with van der Waals surface area (Å²) in [6.45, 7) is 2.37. The lowest BCUT2D eigenvalue weighted by atomic mass is 9.88. The maximum Gasteiger partial charge on any atom is 0.0314 e. The third-order valence-electron chi connectivity index (χ3n) is 3.86. The molecule has 3 N–H and O–H groups in total. The Kier molecular flexibility index (Phi) is 2.65. The second kappa shape index (κ2) is 3.69. The zero-order chi connectivity index (χ0) is 9.60. The van der Waals surface area contributed by atoms with Crippen LogP contribution in [0.2, 0.25) is 0 Å². The number of hydrogen-bond donors (Lipinski definition) is 2. The van der Waals surface area contributed by atoms with Gasteiger partial charge in [0.15, 0.2) is 0 Å². The van der Waals surface area contributed by atoms with Gasteiger partial charge in [0, 0.05) is 11.1 Å². The molecule has 1 aromatic carbocycles. The van der Waals surface area contributed by atoms with Crippen molar-refractivity contribution in [1.82, 2.24) is 5.32 Å². The molecule has 15 heavy (non-hydrogen) atoms. The molecule has 1 aromatic rings. The van der Waals surface area contributed by atoms with Gasteiger partial charge in [-0.1, -0.05) is 12.1 Å². The van der Waals surface area contributed by atoms with Crippen LogP contribution in [0.5, 0.6) is 0 Å². The van der Waals surface area contributed by atoms with Crippen molar-refractivity contribution >= 4 is 18.1 Å². The van der Waals surface area contributed by atoms with E-state index < -0.39 is 0 Å². The highest BCUT2D eigenvalue weighted by Crippen LogP contribution is 2.57. The fraction of sp³-hybridized carbons (Fsp3) is 0.500. The van der Waals surface area contributed by atoms with Crippen molar-refractivity contribution in [3.05, 3.63) is 29.8 Å². The maximum atomic E-state index is 5.70. The minimum Gasteiger partial charge on any atom is -0.399 e. The van der Waals surface area contributed by atoms with Gasteiger partial charge in [-0.2, -0.15) is 0 Å². The second-order valence-electron chi connectivity index (χ2n) is 4.63. The molecule has 1 saturated carbocycles. The Labute approximate surface area is 96.7 Å². The van der Waals surface area contributed by atoms with Crippen molar-refractivity contribution in [3.8, 4) is 0 Å². The summed E-state index contributed by atoms with van der Waals surface area (Å²) in [5, 5.41) is 3.46. The number of nitrogens with two attached hydrogens (primary N) is 1. The van der Waals surface area contributed by atoms with E-state index in [2.05, 4.69) is 17.4 Å². The molecule has 2 fully saturated rings. The first-order valence-corrected chi connectivity index (χ1v) is 5.38. The van der Waals surface area contributed by atoms with Crippen LogP contribution in [0.3, 0.4) is 0 Å². The van der Waals surface area contributed by atoms with E-state index in [1.807, 2.05) is 12.1 Å². The fourth-order valence-corrected chi connectivity index (χ4v) is 2.86. The summed E-state index contributed by atoms with van der Waals surface area (Å²) in [5.41, 5.74) is 8.58. The van der Waals surface area contributed by atoms with Gasteiger partial charge in [-0.05, 0) is 49.5 Å². The monoisotopic (exact) mass is 224 g/mol. The van der Waals surface area contributed by atoms with Gasteiger partial charge in [0.25, 0.3) is 0 Å². The Hall–Kier alpha value is -0.730. The molecule has 0 aromatic heterocycles. The lowest BCUT2D eigenvalue weighted by Gasteiger charge is -2.23. The lowest BCUT2D eigenvalue weighted by Crippen LogP contribution is -2.31. The molecule has 2 unspecified atom stereocenters. The first-order valence-electron chi connectivity index (χ1n) is 5.38. The SMILES string of the molecule is Cl.Nc1ccc(C23CCNCC2C3)cc1. The molecule has 0 radical (unpaired) electrons. The number of piperidine rings is 1. The van der Waals surface area contributed by atoms with Crippen LogP contribution in [-0.4, -0.2) is 13.1 Å². The first kappa shape index (κ1) is 10.8. The smallest absolute Gasteiger partial charge is 0.0314 e. The predicted octanol–water partition coefficient (Wildman–Crippen LogP) is 1.94.